The normalized spacial score (nSPS) is 10.2. The highest BCUT2D eigenvalue weighted by Gasteiger charge is 2.06. The maximum absolute atomic E-state index is 11.7. The van der Waals surface area contributed by atoms with E-state index in [0.717, 1.165) is 11.1 Å². The van der Waals surface area contributed by atoms with Gasteiger partial charge in [-0.2, -0.15) is 5.10 Å². The summed E-state index contributed by atoms with van der Waals surface area (Å²) in [6, 6.07) is 7.21. The van der Waals surface area contributed by atoms with Crippen LogP contribution in [0, 0.1) is 6.92 Å². The van der Waals surface area contributed by atoms with Gasteiger partial charge in [0.15, 0.2) is 0 Å². The average molecular weight is 250 g/mol. The van der Waals surface area contributed by atoms with Gasteiger partial charge in [-0.25, -0.2) is 0 Å². The highest BCUT2D eigenvalue weighted by atomic mass is 35.5. The fraction of sp³-hybridized carbons (Fsp3) is 0.167. The van der Waals surface area contributed by atoms with Crippen molar-refractivity contribution in [3.63, 3.8) is 0 Å². The number of H-pyrrole nitrogens is 1. The third-order valence-corrected chi connectivity index (χ3v) is 2.62. The predicted octanol–water partition coefficient (Wildman–Crippen LogP) is 2.55. The second-order valence-corrected chi connectivity index (χ2v) is 4.22. The smallest absolute Gasteiger partial charge is 0.229 e. The van der Waals surface area contributed by atoms with Crippen molar-refractivity contribution in [1.29, 1.82) is 0 Å². The van der Waals surface area contributed by atoms with E-state index in [1.54, 1.807) is 18.3 Å². The molecule has 0 fully saturated rings. The van der Waals surface area contributed by atoms with E-state index in [-0.39, 0.29) is 5.91 Å². The summed E-state index contributed by atoms with van der Waals surface area (Å²) in [6.45, 7) is 1.88. The zero-order chi connectivity index (χ0) is 12.3. The first kappa shape index (κ1) is 11.7. The zero-order valence-corrected chi connectivity index (χ0v) is 10.1. The van der Waals surface area contributed by atoms with Crippen molar-refractivity contribution in [3.8, 4) is 0 Å². The number of aromatic amines is 1. The second kappa shape index (κ2) is 5.01. The molecule has 0 aliphatic carbocycles. The Morgan fingerprint density at radius 3 is 2.71 bits per heavy atom. The molecule has 0 atom stereocenters. The Morgan fingerprint density at radius 2 is 2.12 bits per heavy atom. The minimum Gasteiger partial charge on any atom is -0.311 e. The van der Waals surface area contributed by atoms with Crippen LogP contribution in [0.3, 0.4) is 0 Å². The van der Waals surface area contributed by atoms with Gasteiger partial charge >= 0.3 is 0 Å². The number of carbonyl (C=O) groups is 1. The summed E-state index contributed by atoms with van der Waals surface area (Å²) in [7, 11) is 0. The van der Waals surface area contributed by atoms with Crippen LogP contribution in [0.1, 0.15) is 11.1 Å². The minimum absolute atomic E-state index is 0.0836. The molecule has 0 aliphatic heterocycles. The van der Waals surface area contributed by atoms with Crippen molar-refractivity contribution in [2.75, 3.05) is 5.32 Å². The maximum Gasteiger partial charge on any atom is 0.229 e. The van der Waals surface area contributed by atoms with E-state index >= 15 is 0 Å². The van der Waals surface area contributed by atoms with E-state index in [1.165, 1.54) is 0 Å². The van der Waals surface area contributed by atoms with Gasteiger partial charge in [0.2, 0.25) is 5.91 Å². The highest BCUT2D eigenvalue weighted by molar-refractivity contribution is 6.30. The molecule has 0 radical (unpaired) electrons. The number of carbonyl (C=O) groups excluding carboxylic acids is 1. The molecule has 1 aromatic carbocycles. The van der Waals surface area contributed by atoms with E-state index in [9.17, 15) is 4.79 Å². The highest BCUT2D eigenvalue weighted by Crippen LogP contribution is 2.12. The van der Waals surface area contributed by atoms with Crippen LogP contribution in [-0.4, -0.2) is 16.1 Å². The molecule has 5 heteroatoms. The zero-order valence-electron chi connectivity index (χ0n) is 9.33. The number of nitrogens with zero attached hydrogens (tertiary/aromatic N) is 1. The molecule has 2 rings (SSSR count). The number of hydrogen-bond donors (Lipinski definition) is 2. The Labute approximate surface area is 104 Å². The lowest BCUT2D eigenvalue weighted by atomic mass is 10.1. The molecule has 0 spiro atoms. The fourth-order valence-corrected chi connectivity index (χ4v) is 1.57. The first-order valence-corrected chi connectivity index (χ1v) is 5.57. The maximum atomic E-state index is 11.7. The van der Waals surface area contributed by atoms with E-state index in [0.29, 0.717) is 17.3 Å². The largest absolute Gasteiger partial charge is 0.311 e. The summed E-state index contributed by atoms with van der Waals surface area (Å²) in [6.07, 6.45) is 1.98. The van der Waals surface area contributed by atoms with E-state index in [4.69, 9.17) is 11.6 Å². The van der Waals surface area contributed by atoms with Gasteiger partial charge < -0.3 is 5.32 Å². The third kappa shape index (κ3) is 3.07. The molecule has 0 saturated carbocycles. The van der Waals surface area contributed by atoms with Crippen LogP contribution in [0.2, 0.25) is 5.02 Å². The SMILES string of the molecule is Cc1cn[nH]c1NC(=O)Cc1ccc(Cl)cc1. The van der Waals surface area contributed by atoms with Crippen molar-refractivity contribution in [3.05, 3.63) is 46.6 Å². The number of rotatable bonds is 3. The first-order valence-electron chi connectivity index (χ1n) is 5.19. The van der Waals surface area contributed by atoms with E-state index in [2.05, 4.69) is 15.5 Å². The fourth-order valence-electron chi connectivity index (χ4n) is 1.44. The van der Waals surface area contributed by atoms with Gasteiger partial charge in [-0.3, -0.25) is 9.89 Å². The molecule has 1 amide bonds. The Bertz CT molecular complexity index is 519. The topological polar surface area (TPSA) is 57.8 Å². The number of aryl methyl sites for hydroxylation is 1. The summed E-state index contributed by atoms with van der Waals surface area (Å²) >= 11 is 5.77. The first-order chi connectivity index (χ1) is 8.15. The van der Waals surface area contributed by atoms with Crippen LogP contribution >= 0.6 is 11.6 Å². The summed E-state index contributed by atoms with van der Waals surface area (Å²) in [5.41, 5.74) is 1.83. The molecule has 0 unspecified atom stereocenters. The molecule has 0 saturated heterocycles. The molecule has 88 valence electrons. The third-order valence-electron chi connectivity index (χ3n) is 2.37. The van der Waals surface area contributed by atoms with E-state index in [1.807, 2.05) is 19.1 Å². The Morgan fingerprint density at radius 1 is 1.41 bits per heavy atom. The summed E-state index contributed by atoms with van der Waals surface area (Å²) in [4.78, 5) is 11.7. The standard InChI is InChI=1S/C12H12ClN3O/c1-8-7-14-16-12(8)15-11(17)6-9-2-4-10(13)5-3-9/h2-5,7H,6H2,1H3,(H2,14,15,16,17). The lowest BCUT2D eigenvalue weighted by Gasteiger charge is -2.04. The van der Waals surface area contributed by atoms with Gasteiger partial charge in [0.05, 0.1) is 12.6 Å². The second-order valence-electron chi connectivity index (χ2n) is 3.78. The van der Waals surface area contributed by atoms with Crippen LogP contribution in [0.25, 0.3) is 0 Å². The average Bonchev–Trinajstić information content (AvgIpc) is 2.68. The van der Waals surface area contributed by atoms with Crippen LogP contribution in [0.15, 0.2) is 30.5 Å². The molecule has 17 heavy (non-hydrogen) atoms. The minimum atomic E-state index is -0.0836. The monoisotopic (exact) mass is 249 g/mol. The Balaban J connectivity index is 1.98. The molecule has 1 heterocycles. The number of anilines is 1. The molecule has 1 aromatic heterocycles. The molecule has 2 N–H and O–H groups in total. The number of nitrogens with one attached hydrogen (secondary N) is 2. The molecule has 0 bridgehead atoms. The predicted molar refractivity (Wildman–Crippen MR) is 67.1 cm³/mol. The number of aromatic nitrogens is 2. The van der Waals surface area contributed by atoms with E-state index < -0.39 is 0 Å². The number of halogens is 1. The van der Waals surface area contributed by atoms with Gasteiger partial charge in [-0.15, -0.1) is 0 Å². The van der Waals surface area contributed by atoms with Crippen molar-refractivity contribution < 1.29 is 4.79 Å². The Hall–Kier alpha value is -1.81. The molecular weight excluding hydrogens is 238 g/mol. The van der Waals surface area contributed by atoms with Crippen molar-refractivity contribution in [1.82, 2.24) is 10.2 Å². The van der Waals surface area contributed by atoms with Crippen LogP contribution < -0.4 is 5.32 Å². The molecular formula is C12H12ClN3O. The molecule has 2 aromatic rings. The summed E-state index contributed by atoms with van der Waals surface area (Å²) in [5, 5.41) is 9.99. The quantitative estimate of drug-likeness (QED) is 0.878. The summed E-state index contributed by atoms with van der Waals surface area (Å²) in [5.74, 6) is 0.559. The van der Waals surface area contributed by atoms with Gasteiger partial charge in [0.25, 0.3) is 0 Å². The van der Waals surface area contributed by atoms with Crippen LogP contribution in [0.5, 0.6) is 0 Å². The Kier molecular flexibility index (Phi) is 3.44. The lowest BCUT2D eigenvalue weighted by Crippen LogP contribution is -2.15. The van der Waals surface area contributed by atoms with Gasteiger partial charge in [0.1, 0.15) is 5.82 Å². The molecule has 0 aliphatic rings. The van der Waals surface area contributed by atoms with Gasteiger partial charge in [-0.1, -0.05) is 23.7 Å². The molecule has 4 nitrogen and oxygen atoms in total. The number of benzene rings is 1. The van der Waals surface area contributed by atoms with Gasteiger partial charge in [-0.05, 0) is 24.6 Å². The van der Waals surface area contributed by atoms with Crippen molar-refractivity contribution in [2.45, 2.75) is 13.3 Å². The van der Waals surface area contributed by atoms with Crippen LogP contribution in [0.4, 0.5) is 5.82 Å². The van der Waals surface area contributed by atoms with Gasteiger partial charge in [0, 0.05) is 10.6 Å². The summed E-state index contributed by atoms with van der Waals surface area (Å²) < 4.78 is 0. The van der Waals surface area contributed by atoms with Crippen LogP contribution in [-0.2, 0) is 11.2 Å². The number of hydrogen-bond acceptors (Lipinski definition) is 2. The van der Waals surface area contributed by atoms with Crippen molar-refractivity contribution in [2.24, 2.45) is 0 Å². The number of amides is 1. The lowest BCUT2D eigenvalue weighted by molar-refractivity contribution is -0.115. The van der Waals surface area contributed by atoms with Crippen molar-refractivity contribution >= 4 is 23.3 Å².